The third-order valence-corrected chi connectivity index (χ3v) is 2.48. The van der Waals surface area contributed by atoms with Gasteiger partial charge in [-0.25, -0.2) is 4.79 Å². The summed E-state index contributed by atoms with van der Waals surface area (Å²) in [4.78, 5) is 13.4. The Bertz CT molecular complexity index is 250. The van der Waals surface area contributed by atoms with E-state index in [1.807, 2.05) is 20.8 Å². The van der Waals surface area contributed by atoms with Crippen molar-refractivity contribution in [3.63, 3.8) is 0 Å². The summed E-state index contributed by atoms with van der Waals surface area (Å²) in [5.41, 5.74) is 5.34. The molecule has 1 fully saturated rings. The second kappa shape index (κ2) is 5.01. The van der Waals surface area contributed by atoms with E-state index in [2.05, 4.69) is 0 Å². The summed E-state index contributed by atoms with van der Waals surface area (Å²) in [6.07, 6.45) is 0.414. The fourth-order valence-electron chi connectivity index (χ4n) is 1.85. The van der Waals surface area contributed by atoms with Gasteiger partial charge in [0.25, 0.3) is 0 Å². The van der Waals surface area contributed by atoms with Crippen molar-refractivity contribution in [2.24, 2.45) is 11.7 Å². The largest absolute Gasteiger partial charge is 0.444 e. The Kier molecular flexibility index (Phi) is 4.15. The number of nitrogens with two attached hydrogens (primary N) is 1. The van der Waals surface area contributed by atoms with E-state index in [9.17, 15) is 4.79 Å². The summed E-state index contributed by atoms with van der Waals surface area (Å²) in [6.45, 7) is 6.59. The van der Waals surface area contributed by atoms with Gasteiger partial charge in [0, 0.05) is 31.7 Å². The number of hydrogen-bond acceptors (Lipinski definition) is 4. The minimum absolute atomic E-state index is 0.0625. The maximum absolute atomic E-state index is 11.8. The number of hydrogen-bond donors (Lipinski definition) is 2. The summed E-state index contributed by atoms with van der Waals surface area (Å²) in [6, 6.07) is -0.0709. The molecule has 2 atom stereocenters. The van der Waals surface area contributed by atoms with Gasteiger partial charge in [0.2, 0.25) is 0 Å². The monoisotopic (exact) mass is 230 g/mol. The molecule has 1 aliphatic heterocycles. The lowest BCUT2D eigenvalue weighted by Gasteiger charge is -2.36. The van der Waals surface area contributed by atoms with Crippen molar-refractivity contribution in [1.29, 1.82) is 0 Å². The van der Waals surface area contributed by atoms with Gasteiger partial charge in [-0.2, -0.15) is 0 Å². The Labute approximate surface area is 96.6 Å². The van der Waals surface area contributed by atoms with Crippen LogP contribution in [0.1, 0.15) is 27.2 Å². The standard InChI is InChI=1S/C11H22N2O3/c1-11(2,3)16-10(15)13-5-8(7-14)4-9(12)6-13/h8-9,14H,4-7,12H2,1-3H3/t8-,9-/m1/s1. The number of aliphatic hydroxyl groups excluding tert-OH is 1. The van der Waals surface area contributed by atoms with Crippen molar-refractivity contribution in [3.8, 4) is 0 Å². The van der Waals surface area contributed by atoms with Gasteiger partial charge in [-0.15, -0.1) is 0 Å². The average molecular weight is 230 g/mol. The SMILES string of the molecule is CC(C)(C)OC(=O)N1C[C@H](N)C[C@@H](CO)C1. The highest BCUT2D eigenvalue weighted by atomic mass is 16.6. The van der Waals surface area contributed by atoms with Crippen LogP contribution in [0.15, 0.2) is 0 Å². The molecule has 1 rings (SSSR count). The number of ether oxygens (including phenoxy) is 1. The Balaban J connectivity index is 2.55. The van der Waals surface area contributed by atoms with Crippen LogP contribution in [-0.2, 0) is 4.74 Å². The predicted octanol–water partition coefficient (Wildman–Crippen LogP) is 0.563. The first-order valence-electron chi connectivity index (χ1n) is 5.66. The number of rotatable bonds is 1. The van der Waals surface area contributed by atoms with Crippen molar-refractivity contribution < 1.29 is 14.6 Å². The highest BCUT2D eigenvalue weighted by molar-refractivity contribution is 5.68. The van der Waals surface area contributed by atoms with Gasteiger partial charge >= 0.3 is 6.09 Å². The maximum atomic E-state index is 11.8. The van der Waals surface area contributed by atoms with Gasteiger partial charge in [0.1, 0.15) is 5.60 Å². The molecule has 0 spiro atoms. The van der Waals surface area contributed by atoms with E-state index in [4.69, 9.17) is 15.6 Å². The second-order valence-corrected chi connectivity index (χ2v) is 5.43. The lowest BCUT2D eigenvalue weighted by atomic mass is 9.96. The van der Waals surface area contributed by atoms with Gasteiger partial charge in [0.05, 0.1) is 0 Å². The molecule has 0 bridgehead atoms. The minimum atomic E-state index is -0.493. The molecule has 0 aliphatic carbocycles. The Morgan fingerprint density at radius 1 is 1.50 bits per heavy atom. The van der Waals surface area contributed by atoms with Crippen LogP contribution in [0.25, 0.3) is 0 Å². The van der Waals surface area contributed by atoms with E-state index >= 15 is 0 Å². The molecule has 94 valence electrons. The van der Waals surface area contributed by atoms with Gasteiger partial charge in [0.15, 0.2) is 0 Å². The van der Waals surface area contributed by atoms with Crippen molar-refractivity contribution in [1.82, 2.24) is 4.90 Å². The van der Waals surface area contributed by atoms with Gasteiger partial charge in [-0.3, -0.25) is 0 Å². The number of carbonyl (C=O) groups excluding carboxylic acids is 1. The number of carbonyl (C=O) groups is 1. The molecular formula is C11H22N2O3. The summed E-state index contributed by atoms with van der Waals surface area (Å²) in [7, 11) is 0. The van der Waals surface area contributed by atoms with Crippen molar-refractivity contribution in [2.75, 3.05) is 19.7 Å². The van der Waals surface area contributed by atoms with Crippen molar-refractivity contribution >= 4 is 6.09 Å². The fraction of sp³-hybridized carbons (Fsp3) is 0.909. The molecule has 3 N–H and O–H groups in total. The van der Waals surface area contributed by atoms with Gasteiger partial charge in [-0.05, 0) is 27.2 Å². The van der Waals surface area contributed by atoms with Crippen LogP contribution < -0.4 is 5.73 Å². The fourth-order valence-corrected chi connectivity index (χ4v) is 1.85. The minimum Gasteiger partial charge on any atom is -0.444 e. The molecule has 0 radical (unpaired) electrons. The predicted molar refractivity (Wildman–Crippen MR) is 61.0 cm³/mol. The number of likely N-dealkylation sites (tertiary alicyclic amines) is 1. The maximum Gasteiger partial charge on any atom is 0.410 e. The van der Waals surface area contributed by atoms with Crippen LogP contribution in [0, 0.1) is 5.92 Å². The van der Waals surface area contributed by atoms with Crippen LogP contribution in [0.3, 0.4) is 0 Å². The summed E-state index contributed by atoms with van der Waals surface area (Å²) in [5.74, 6) is 0.0660. The van der Waals surface area contributed by atoms with E-state index in [1.54, 1.807) is 4.90 Å². The van der Waals surface area contributed by atoms with Crippen molar-refractivity contribution in [3.05, 3.63) is 0 Å². The van der Waals surface area contributed by atoms with Gasteiger partial charge in [-0.1, -0.05) is 0 Å². The Hall–Kier alpha value is -0.810. The van der Waals surface area contributed by atoms with Gasteiger partial charge < -0.3 is 20.5 Å². The lowest BCUT2D eigenvalue weighted by Crippen LogP contribution is -2.51. The summed E-state index contributed by atoms with van der Waals surface area (Å²) >= 11 is 0. The van der Waals surface area contributed by atoms with Crippen molar-refractivity contribution in [2.45, 2.75) is 38.8 Å². The van der Waals surface area contributed by atoms with E-state index in [-0.39, 0.29) is 24.7 Å². The molecule has 5 nitrogen and oxygen atoms in total. The van der Waals surface area contributed by atoms with E-state index in [0.717, 1.165) is 6.42 Å². The average Bonchev–Trinajstić information content (AvgIpc) is 2.14. The number of aliphatic hydroxyl groups is 1. The Morgan fingerprint density at radius 2 is 2.12 bits per heavy atom. The zero-order chi connectivity index (χ0) is 12.3. The molecule has 1 amide bonds. The van der Waals surface area contributed by atoms with Crippen LogP contribution in [-0.4, -0.2) is 47.4 Å². The molecule has 5 heteroatoms. The number of amides is 1. The normalized spacial score (nSPS) is 26.7. The highest BCUT2D eigenvalue weighted by Gasteiger charge is 2.30. The molecule has 0 unspecified atom stereocenters. The topological polar surface area (TPSA) is 75.8 Å². The molecule has 0 aromatic carbocycles. The molecule has 1 saturated heterocycles. The number of piperidine rings is 1. The Morgan fingerprint density at radius 3 is 2.62 bits per heavy atom. The van der Waals surface area contributed by atoms with E-state index in [1.165, 1.54) is 0 Å². The first kappa shape index (κ1) is 13.3. The van der Waals surface area contributed by atoms with Crippen LogP contribution in [0.5, 0.6) is 0 Å². The summed E-state index contributed by atoms with van der Waals surface area (Å²) < 4.78 is 5.27. The van der Waals surface area contributed by atoms with Crippen LogP contribution in [0.2, 0.25) is 0 Å². The third kappa shape index (κ3) is 3.98. The molecule has 0 aromatic heterocycles. The smallest absolute Gasteiger partial charge is 0.410 e. The van der Waals surface area contributed by atoms with E-state index in [0.29, 0.717) is 13.1 Å². The number of nitrogens with zero attached hydrogens (tertiary/aromatic N) is 1. The molecule has 0 aromatic rings. The zero-order valence-corrected chi connectivity index (χ0v) is 10.3. The lowest BCUT2D eigenvalue weighted by molar-refractivity contribution is 0.0106. The first-order valence-corrected chi connectivity index (χ1v) is 5.66. The third-order valence-electron chi connectivity index (χ3n) is 2.48. The molecular weight excluding hydrogens is 208 g/mol. The first-order chi connectivity index (χ1) is 7.31. The van der Waals surface area contributed by atoms with Crippen LogP contribution >= 0.6 is 0 Å². The second-order valence-electron chi connectivity index (χ2n) is 5.43. The quantitative estimate of drug-likeness (QED) is 0.690. The van der Waals surface area contributed by atoms with Crippen LogP contribution in [0.4, 0.5) is 4.79 Å². The molecule has 0 saturated carbocycles. The molecule has 1 heterocycles. The molecule has 16 heavy (non-hydrogen) atoms. The summed E-state index contributed by atoms with van der Waals surface area (Å²) in [5, 5.41) is 9.11. The zero-order valence-electron chi connectivity index (χ0n) is 10.3. The van der Waals surface area contributed by atoms with E-state index < -0.39 is 5.60 Å². The molecule has 1 aliphatic rings. The highest BCUT2D eigenvalue weighted by Crippen LogP contribution is 2.18.